The van der Waals surface area contributed by atoms with Crippen LogP contribution < -0.4 is 4.87 Å². The zero-order chi connectivity index (χ0) is 14.5. The molecule has 0 bridgehead atoms. The lowest BCUT2D eigenvalue weighted by Gasteiger charge is -2.23. The third-order valence-electron chi connectivity index (χ3n) is 3.76. The van der Waals surface area contributed by atoms with Gasteiger partial charge in [-0.1, -0.05) is 11.3 Å². The predicted octanol–water partition coefficient (Wildman–Crippen LogP) is 1.49. The summed E-state index contributed by atoms with van der Waals surface area (Å²) in [4.78, 5) is 25.8. The second kappa shape index (κ2) is 7.04. The first-order valence-corrected chi connectivity index (χ1v) is 8.00. The number of aryl methyl sites for hydroxylation is 1. The number of aromatic nitrogens is 1. The zero-order valence-corrected chi connectivity index (χ0v) is 12.9. The predicted molar refractivity (Wildman–Crippen MR) is 79.1 cm³/mol. The second-order valence-corrected chi connectivity index (χ2v) is 6.03. The van der Waals surface area contributed by atoms with Crippen LogP contribution in [-0.2, 0) is 16.1 Å². The van der Waals surface area contributed by atoms with E-state index in [9.17, 15) is 9.59 Å². The van der Waals surface area contributed by atoms with E-state index in [4.69, 9.17) is 4.74 Å². The quantitative estimate of drug-likeness (QED) is 0.799. The van der Waals surface area contributed by atoms with Crippen molar-refractivity contribution in [1.82, 2.24) is 9.47 Å². The lowest BCUT2D eigenvalue weighted by atomic mass is 10.1. The molecule has 6 heteroatoms. The fraction of sp³-hybridized carbons (Fsp3) is 0.714. The number of nitrogens with zero attached hydrogens (tertiary/aromatic N) is 2. The fourth-order valence-electron chi connectivity index (χ4n) is 2.49. The van der Waals surface area contributed by atoms with Crippen molar-refractivity contribution in [2.75, 3.05) is 26.3 Å². The molecule has 0 unspecified atom stereocenters. The van der Waals surface area contributed by atoms with Gasteiger partial charge in [-0.15, -0.1) is 0 Å². The van der Waals surface area contributed by atoms with Gasteiger partial charge in [-0.3, -0.25) is 9.59 Å². The van der Waals surface area contributed by atoms with Crippen LogP contribution in [-0.4, -0.2) is 41.7 Å². The molecule has 0 N–H and O–H groups in total. The van der Waals surface area contributed by atoms with Crippen LogP contribution in [0.15, 0.2) is 10.2 Å². The van der Waals surface area contributed by atoms with E-state index < -0.39 is 0 Å². The van der Waals surface area contributed by atoms with Crippen molar-refractivity contribution in [3.05, 3.63) is 20.7 Å². The molecule has 1 saturated heterocycles. The summed E-state index contributed by atoms with van der Waals surface area (Å²) in [5.74, 6) is 0.585. The van der Waals surface area contributed by atoms with Gasteiger partial charge in [0.1, 0.15) is 0 Å². The Bertz CT molecular complexity index is 503. The lowest BCUT2D eigenvalue weighted by molar-refractivity contribution is -0.131. The first kappa shape index (κ1) is 15.3. The van der Waals surface area contributed by atoms with Crippen molar-refractivity contribution in [1.29, 1.82) is 0 Å². The number of thiazole rings is 1. The molecule has 0 radical (unpaired) electrons. The van der Waals surface area contributed by atoms with Crippen LogP contribution >= 0.6 is 11.3 Å². The molecular formula is C14H22N2O3S. The molecule has 112 valence electrons. The minimum Gasteiger partial charge on any atom is -0.381 e. The number of hydrogen-bond donors (Lipinski definition) is 0. The van der Waals surface area contributed by atoms with Crippen molar-refractivity contribution in [2.24, 2.45) is 5.92 Å². The van der Waals surface area contributed by atoms with Gasteiger partial charge in [-0.25, -0.2) is 0 Å². The Kier molecular flexibility index (Phi) is 5.37. The maximum absolute atomic E-state index is 12.3. The number of ether oxygens (including phenoxy) is 1. The van der Waals surface area contributed by atoms with Crippen LogP contribution in [0.2, 0.25) is 0 Å². The van der Waals surface area contributed by atoms with Gasteiger partial charge in [0, 0.05) is 49.7 Å². The summed E-state index contributed by atoms with van der Waals surface area (Å²) in [6.07, 6.45) is 1.42. The molecule has 1 amide bonds. The van der Waals surface area contributed by atoms with Crippen LogP contribution in [0.4, 0.5) is 0 Å². The molecule has 1 aromatic heterocycles. The molecule has 2 rings (SSSR count). The standard InChI is InChI=1S/C14H22N2O3S/c1-3-15(8-12-5-7-19-9-12)13(17)4-6-16-11(2)10-20-14(16)18/h10,12H,3-9H2,1-2H3/t12-/m1/s1. The van der Waals surface area contributed by atoms with E-state index in [1.165, 1.54) is 11.3 Å². The summed E-state index contributed by atoms with van der Waals surface area (Å²) in [7, 11) is 0. The van der Waals surface area contributed by atoms with Gasteiger partial charge in [0.2, 0.25) is 5.91 Å². The smallest absolute Gasteiger partial charge is 0.307 e. The Balaban J connectivity index is 1.87. The molecule has 0 saturated carbocycles. The van der Waals surface area contributed by atoms with Gasteiger partial charge in [0.15, 0.2) is 0 Å². The van der Waals surface area contributed by atoms with Crippen molar-refractivity contribution >= 4 is 17.2 Å². The van der Waals surface area contributed by atoms with E-state index in [2.05, 4.69) is 0 Å². The zero-order valence-electron chi connectivity index (χ0n) is 12.1. The van der Waals surface area contributed by atoms with E-state index in [-0.39, 0.29) is 10.8 Å². The highest BCUT2D eigenvalue weighted by molar-refractivity contribution is 7.07. The SMILES string of the molecule is CCN(C[C@H]1CCOC1)C(=O)CCn1c(C)csc1=O. The number of amides is 1. The molecule has 1 aliphatic heterocycles. The second-order valence-electron chi connectivity index (χ2n) is 5.21. The fourth-order valence-corrected chi connectivity index (χ4v) is 3.25. The first-order chi connectivity index (χ1) is 9.61. The summed E-state index contributed by atoms with van der Waals surface area (Å²) in [6, 6.07) is 0. The summed E-state index contributed by atoms with van der Waals surface area (Å²) < 4.78 is 7.03. The molecule has 1 fully saturated rings. The third-order valence-corrected chi connectivity index (χ3v) is 4.64. The minimum atomic E-state index is 0.0162. The van der Waals surface area contributed by atoms with Crippen LogP contribution in [0.1, 0.15) is 25.5 Å². The highest BCUT2D eigenvalue weighted by Crippen LogP contribution is 2.14. The van der Waals surface area contributed by atoms with Crippen molar-refractivity contribution in [3.8, 4) is 0 Å². The van der Waals surface area contributed by atoms with Gasteiger partial charge in [-0.05, 0) is 20.3 Å². The van der Waals surface area contributed by atoms with E-state index >= 15 is 0 Å². The molecule has 1 atom stereocenters. The van der Waals surface area contributed by atoms with E-state index in [0.717, 1.165) is 31.9 Å². The first-order valence-electron chi connectivity index (χ1n) is 7.12. The van der Waals surface area contributed by atoms with Gasteiger partial charge >= 0.3 is 4.87 Å². The van der Waals surface area contributed by atoms with Gasteiger partial charge in [-0.2, -0.15) is 0 Å². The highest BCUT2D eigenvalue weighted by Gasteiger charge is 2.21. The molecule has 0 aliphatic carbocycles. The van der Waals surface area contributed by atoms with Crippen molar-refractivity contribution in [2.45, 2.75) is 33.2 Å². The van der Waals surface area contributed by atoms with Gasteiger partial charge in [0.05, 0.1) is 6.61 Å². The monoisotopic (exact) mass is 298 g/mol. The van der Waals surface area contributed by atoms with E-state index in [1.54, 1.807) is 4.57 Å². The largest absolute Gasteiger partial charge is 0.381 e. The van der Waals surface area contributed by atoms with Crippen molar-refractivity contribution < 1.29 is 9.53 Å². The maximum atomic E-state index is 12.3. The maximum Gasteiger partial charge on any atom is 0.307 e. The Morgan fingerprint density at radius 3 is 2.95 bits per heavy atom. The van der Waals surface area contributed by atoms with Crippen molar-refractivity contribution in [3.63, 3.8) is 0 Å². The van der Waals surface area contributed by atoms with Gasteiger partial charge < -0.3 is 14.2 Å². The van der Waals surface area contributed by atoms with Crippen LogP contribution in [0.3, 0.4) is 0 Å². The molecule has 20 heavy (non-hydrogen) atoms. The Morgan fingerprint density at radius 1 is 1.60 bits per heavy atom. The number of carbonyl (C=O) groups excluding carboxylic acids is 1. The number of rotatable bonds is 6. The number of carbonyl (C=O) groups is 1. The molecule has 0 spiro atoms. The summed E-state index contributed by atoms with van der Waals surface area (Å²) in [6.45, 7) is 7.42. The molecule has 5 nitrogen and oxygen atoms in total. The summed E-state index contributed by atoms with van der Waals surface area (Å²) >= 11 is 1.19. The van der Waals surface area contributed by atoms with Crippen LogP contribution in [0, 0.1) is 12.8 Å². The topological polar surface area (TPSA) is 51.5 Å². The van der Waals surface area contributed by atoms with Crippen LogP contribution in [0.25, 0.3) is 0 Å². The molecule has 1 aliphatic rings. The Labute approximate surface area is 123 Å². The number of hydrogen-bond acceptors (Lipinski definition) is 4. The molecule has 2 heterocycles. The average molecular weight is 298 g/mol. The van der Waals surface area contributed by atoms with E-state index in [1.807, 2.05) is 24.1 Å². The Hall–Kier alpha value is -1.14. The normalized spacial score (nSPS) is 18.4. The average Bonchev–Trinajstić information content (AvgIpc) is 3.05. The van der Waals surface area contributed by atoms with Gasteiger partial charge in [0.25, 0.3) is 0 Å². The molecule has 1 aromatic rings. The lowest BCUT2D eigenvalue weighted by Crippen LogP contribution is -2.36. The molecule has 0 aromatic carbocycles. The molecular weight excluding hydrogens is 276 g/mol. The third kappa shape index (κ3) is 3.70. The van der Waals surface area contributed by atoms with E-state index in [0.29, 0.717) is 25.4 Å². The highest BCUT2D eigenvalue weighted by atomic mass is 32.1. The minimum absolute atomic E-state index is 0.0162. The van der Waals surface area contributed by atoms with Crippen LogP contribution in [0.5, 0.6) is 0 Å². The Morgan fingerprint density at radius 2 is 2.40 bits per heavy atom. The summed E-state index contributed by atoms with van der Waals surface area (Å²) in [5.41, 5.74) is 0.931. The summed E-state index contributed by atoms with van der Waals surface area (Å²) in [5, 5.41) is 1.83.